The Hall–Kier alpha value is -3.64. The third-order valence-corrected chi connectivity index (χ3v) is 4.76. The molecule has 7 heteroatoms. The number of nitro groups is 1. The maximum atomic E-state index is 11.2. The Labute approximate surface area is 172 Å². The number of nitrogens with zero attached hydrogens (tertiary/aromatic N) is 2. The second-order valence-electron chi connectivity index (χ2n) is 6.45. The summed E-state index contributed by atoms with van der Waals surface area (Å²) in [6, 6.07) is 22.2. The number of aromatic nitrogens is 1. The minimum absolute atomic E-state index is 0. The number of rotatable bonds is 3. The maximum absolute atomic E-state index is 11.2. The van der Waals surface area contributed by atoms with Gasteiger partial charge in [0.25, 0.3) is 5.69 Å². The van der Waals surface area contributed by atoms with E-state index in [0.717, 1.165) is 27.8 Å². The number of nitro benzene ring substituents is 1. The number of halogens is 1. The van der Waals surface area contributed by atoms with Crippen molar-refractivity contribution < 1.29 is 14.4 Å². The third-order valence-electron chi connectivity index (χ3n) is 4.76. The first-order valence-electron chi connectivity index (χ1n) is 8.74. The summed E-state index contributed by atoms with van der Waals surface area (Å²) in [5.41, 5.74) is 4.25. The fourth-order valence-electron chi connectivity index (χ4n) is 3.39. The van der Waals surface area contributed by atoms with Crippen LogP contribution in [0.5, 0.6) is 11.5 Å². The first-order valence-corrected chi connectivity index (χ1v) is 8.74. The maximum Gasteiger partial charge on any atom is 0.270 e. The van der Waals surface area contributed by atoms with Crippen LogP contribution in [-0.2, 0) is 0 Å². The van der Waals surface area contributed by atoms with Crippen molar-refractivity contribution in [3.05, 3.63) is 82.9 Å². The molecular weight excluding hydrogens is 392 g/mol. The van der Waals surface area contributed by atoms with Gasteiger partial charge in [-0.05, 0) is 41.5 Å². The molecule has 0 saturated carbocycles. The van der Waals surface area contributed by atoms with E-state index in [1.54, 1.807) is 12.1 Å². The molecule has 1 aromatic heterocycles. The monoisotopic (exact) mass is 406 g/mol. The summed E-state index contributed by atoms with van der Waals surface area (Å²) in [7, 11) is 0. The van der Waals surface area contributed by atoms with E-state index < -0.39 is 0 Å². The summed E-state index contributed by atoms with van der Waals surface area (Å²) < 4.78 is 10.9. The van der Waals surface area contributed by atoms with Crippen LogP contribution in [0.1, 0.15) is 0 Å². The highest BCUT2D eigenvalue weighted by atomic mass is 35.5. The Morgan fingerprint density at radius 1 is 0.862 bits per heavy atom. The van der Waals surface area contributed by atoms with Crippen LogP contribution in [0, 0.1) is 10.1 Å². The molecule has 144 valence electrons. The molecule has 0 bridgehead atoms. The highest BCUT2D eigenvalue weighted by Gasteiger charge is 2.17. The predicted octanol–water partition coefficient (Wildman–Crippen LogP) is 5.63. The molecule has 0 amide bonds. The summed E-state index contributed by atoms with van der Waals surface area (Å²) in [6.07, 6.45) is 0. The van der Waals surface area contributed by atoms with Gasteiger partial charge in [0.2, 0.25) is 6.79 Å². The number of fused-ring (bicyclic) bond motifs is 2. The molecule has 0 fully saturated rings. The summed E-state index contributed by atoms with van der Waals surface area (Å²) in [4.78, 5) is 15.6. The molecule has 0 spiro atoms. The Morgan fingerprint density at radius 2 is 1.66 bits per heavy atom. The fourth-order valence-corrected chi connectivity index (χ4v) is 3.39. The van der Waals surface area contributed by atoms with Gasteiger partial charge in [-0.15, -0.1) is 12.4 Å². The Balaban J connectivity index is 0.00000205. The van der Waals surface area contributed by atoms with E-state index in [1.165, 1.54) is 6.07 Å². The Bertz CT molecular complexity index is 1230. The Kier molecular flexibility index (Phi) is 4.78. The van der Waals surface area contributed by atoms with E-state index in [2.05, 4.69) is 0 Å². The van der Waals surface area contributed by atoms with Crippen molar-refractivity contribution >= 4 is 29.0 Å². The van der Waals surface area contributed by atoms with Crippen LogP contribution in [0.15, 0.2) is 72.8 Å². The lowest BCUT2D eigenvalue weighted by Crippen LogP contribution is -1.93. The first-order chi connectivity index (χ1) is 13.7. The Morgan fingerprint density at radius 3 is 2.45 bits per heavy atom. The summed E-state index contributed by atoms with van der Waals surface area (Å²) >= 11 is 0. The van der Waals surface area contributed by atoms with Crippen LogP contribution < -0.4 is 9.47 Å². The van der Waals surface area contributed by atoms with Crippen molar-refractivity contribution in [3.8, 4) is 33.9 Å². The normalized spacial score (nSPS) is 11.9. The van der Waals surface area contributed by atoms with Gasteiger partial charge in [0, 0.05) is 23.1 Å². The lowest BCUT2D eigenvalue weighted by Gasteiger charge is -2.11. The molecule has 29 heavy (non-hydrogen) atoms. The van der Waals surface area contributed by atoms with Gasteiger partial charge < -0.3 is 9.47 Å². The molecule has 0 unspecified atom stereocenters. The molecule has 1 aliphatic heterocycles. The highest BCUT2D eigenvalue weighted by Crippen LogP contribution is 2.38. The van der Waals surface area contributed by atoms with E-state index in [0.29, 0.717) is 17.0 Å². The zero-order valence-corrected chi connectivity index (χ0v) is 15.9. The molecule has 1 aliphatic rings. The molecular formula is C22H15ClN2O4. The lowest BCUT2D eigenvalue weighted by molar-refractivity contribution is -0.384. The molecule has 6 nitrogen and oxygen atoms in total. The molecule has 0 radical (unpaired) electrons. The van der Waals surface area contributed by atoms with Crippen LogP contribution in [0.4, 0.5) is 5.69 Å². The molecule has 0 atom stereocenters. The van der Waals surface area contributed by atoms with Crippen molar-refractivity contribution in [2.45, 2.75) is 0 Å². The van der Waals surface area contributed by atoms with Gasteiger partial charge in [0.1, 0.15) is 0 Å². The zero-order chi connectivity index (χ0) is 19.1. The number of pyridine rings is 1. The highest BCUT2D eigenvalue weighted by molar-refractivity contribution is 5.98. The molecule has 5 rings (SSSR count). The van der Waals surface area contributed by atoms with Crippen molar-refractivity contribution in [1.29, 1.82) is 0 Å². The minimum atomic E-state index is -0.389. The quantitative estimate of drug-likeness (QED) is 0.325. The summed E-state index contributed by atoms with van der Waals surface area (Å²) in [6.45, 7) is 0.211. The predicted molar refractivity (Wildman–Crippen MR) is 113 cm³/mol. The molecule has 0 N–H and O–H groups in total. The van der Waals surface area contributed by atoms with Crippen molar-refractivity contribution in [1.82, 2.24) is 4.98 Å². The second-order valence-corrected chi connectivity index (χ2v) is 6.45. The van der Waals surface area contributed by atoms with Crippen molar-refractivity contribution in [2.75, 3.05) is 6.79 Å². The second kappa shape index (κ2) is 7.41. The van der Waals surface area contributed by atoms with Crippen molar-refractivity contribution in [2.24, 2.45) is 0 Å². The molecule has 0 aliphatic carbocycles. The topological polar surface area (TPSA) is 74.5 Å². The van der Waals surface area contributed by atoms with Gasteiger partial charge in [0.15, 0.2) is 11.5 Å². The molecule has 4 aromatic rings. The molecule has 3 aromatic carbocycles. The largest absolute Gasteiger partial charge is 0.454 e. The number of non-ortho nitro benzene ring substituents is 1. The fraction of sp³-hybridized carbons (Fsp3) is 0.0455. The smallest absolute Gasteiger partial charge is 0.270 e. The van der Waals surface area contributed by atoms with Gasteiger partial charge in [0.05, 0.1) is 16.1 Å². The number of benzene rings is 3. The first kappa shape index (κ1) is 18.7. The van der Waals surface area contributed by atoms with Gasteiger partial charge in [-0.25, -0.2) is 4.98 Å². The van der Waals surface area contributed by atoms with Crippen LogP contribution in [0.2, 0.25) is 0 Å². The summed E-state index contributed by atoms with van der Waals surface area (Å²) in [5, 5.41) is 12.0. The van der Waals surface area contributed by atoms with Crippen LogP contribution in [0.3, 0.4) is 0 Å². The van der Waals surface area contributed by atoms with E-state index in [4.69, 9.17) is 14.5 Å². The average molecular weight is 407 g/mol. The molecule has 2 heterocycles. The van der Waals surface area contributed by atoms with Gasteiger partial charge in [-0.3, -0.25) is 10.1 Å². The van der Waals surface area contributed by atoms with E-state index in [1.807, 2.05) is 54.6 Å². The van der Waals surface area contributed by atoms with Crippen LogP contribution in [-0.4, -0.2) is 16.7 Å². The minimum Gasteiger partial charge on any atom is -0.454 e. The molecule has 0 saturated heterocycles. The number of ether oxygens (including phenoxy) is 2. The van der Waals surface area contributed by atoms with E-state index in [9.17, 15) is 10.1 Å². The van der Waals surface area contributed by atoms with Crippen molar-refractivity contribution in [3.63, 3.8) is 0 Å². The number of hydrogen-bond donors (Lipinski definition) is 0. The van der Waals surface area contributed by atoms with Gasteiger partial charge in [-0.1, -0.05) is 30.3 Å². The standard InChI is InChI=1S/C22H14N2O4.ClH/c25-24(26)16-7-8-19-18(11-16)17(14-4-2-1-3-5-14)12-20(23-19)15-6-9-21-22(10-15)28-13-27-21;/h1-12H,13H2;1H. The van der Waals surface area contributed by atoms with Gasteiger partial charge >= 0.3 is 0 Å². The zero-order valence-electron chi connectivity index (χ0n) is 15.1. The van der Waals surface area contributed by atoms with Gasteiger partial charge in [-0.2, -0.15) is 0 Å². The lowest BCUT2D eigenvalue weighted by atomic mass is 9.98. The van der Waals surface area contributed by atoms with Crippen LogP contribution in [0.25, 0.3) is 33.3 Å². The average Bonchev–Trinajstić information content (AvgIpc) is 3.21. The SMILES string of the molecule is Cl.O=[N+]([O-])c1ccc2nc(-c3ccc4c(c3)OCO4)cc(-c3ccccc3)c2c1. The van der Waals surface area contributed by atoms with Crippen LogP contribution >= 0.6 is 12.4 Å². The third kappa shape index (κ3) is 3.34. The number of hydrogen-bond acceptors (Lipinski definition) is 5. The van der Waals surface area contributed by atoms with E-state index >= 15 is 0 Å². The van der Waals surface area contributed by atoms with E-state index in [-0.39, 0.29) is 29.8 Å². The summed E-state index contributed by atoms with van der Waals surface area (Å²) in [5.74, 6) is 1.40.